The lowest BCUT2D eigenvalue weighted by Crippen LogP contribution is -2.45. The number of piperidine rings is 4. The maximum absolute atomic E-state index is 10.6. The third-order valence-corrected chi connectivity index (χ3v) is 32.5. The molecule has 0 saturated carbocycles. The maximum Gasteiger partial charge on any atom is 0.153 e. The second-order valence-corrected chi connectivity index (χ2v) is 40.1. The van der Waals surface area contributed by atoms with Crippen molar-refractivity contribution in [3.8, 4) is 45.0 Å². The molecule has 13 heterocycles. The van der Waals surface area contributed by atoms with E-state index in [1.165, 1.54) is 55.6 Å². The molecule has 9 aromatic heterocycles. The Kier molecular flexibility index (Phi) is 28.5. The lowest BCUT2D eigenvalue weighted by atomic mass is 9.73. The highest BCUT2D eigenvalue weighted by Crippen LogP contribution is 2.57. The lowest BCUT2D eigenvalue weighted by Gasteiger charge is -2.43. The van der Waals surface area contributed by atoms with Crippen LogP contribution in [-0.2, 0) is 58.3 Å². The SMILES string of the molecule is CCc1ccc2c(c1)[C@@H](N)C1(CCN(c3nc(C)c(-c4ccnc(Cl)c4Cl)nc3CO)CC1)C2.CCc1cnc2c(c1)[C@@H](N)C1(CCN(c3nc(C)c(-c4ccnc(Cl)c4Cl)nc3CO)CC1)C2.Cc1ccc2c(c1)[C@@H](N)C1(CCN(c3nc(C)c(-c4ccnc(Cl)c4Cl)nc3CO)CC1)C2.Cc1nc(N2CCC3(CC2)Cc2ccccc2[C@H]3N)c(C(C)O)nc1-c1ccnc(C)c1Cl. The van der Waals surface area contributed by atoms with Crippen LogP contribution in [0.5, 0.6) is 0 Å². The van der Waals surface area contributed by atoms with Crippen molar-refractivity contribution in [3.63, 3.8) is 0 Å². The Morgan fingerprint density at radius 3 is 1.12 bits per heavy atom. The number of aliphatic hydroxyl groups is 4. The predicted molar refractivity (Wildman–Crippen MR) is 533 cm³/mol. The van der Waals surface area contributed by atoms with Gasteiger partial charge in [-0.05, 0) is 234 Å². The molecule has 4 saturated heterocycles. The monoisotopic (exact) mass is 1940 g/mol. The molecular weight excluding hydrogens is 1830 g/mol. The number of aromatic nitrogens is 13. The zero-order valence-corrected chi connectivity index (χ0v) is 82.2. The van der Waals surface area contributed by atoms with E-state index in [0.717, 1.165) is 199 Å². The quantitative estimate of drug-likeness (QED) is 0.0469. The standard InChI is InChI=1S/C26H29Cl2N5O.C26H30ClN5O.C25H28Cl2N6O.C25H27Cl2N5O/c1-3-16-4-5-17-13-26(23(29)19(17)12-16)7-10-33(11-8-26)25-20(14-34)32-22(15(2)31-25)18-6-9-30-24(28)21(18)27;1-15-21(27)20(8-11-29-15)22-16(2)30-25(23(31-22)17(3)33)32-12-9-26(10-13-32)14-18-6-4-5-7-19(18)24(26)28;1-3-15-10-17-18(30-12-15)11-25(22(17)28)5-8-33(9-6-25)24-19(13-34)32-21(14(2)31-24)16-4-7-29-23(27)20(16)26;1-14-3-4-16-12-25(22(28)18(16)11-14)6-9-32(10-7-25)24-19(13-33)31-21(15(2)30-24)17-5-8-29-23(27)20(17)26/h4-6,9,12,23,34H,3,7-8,10-11,13-14,29H2,1-2H3;4-8,11,17,24,33H,9-10,12-14,28H2,1-3H3;4,7,10,12,22,34H,3,5-6,8-9,11,13,28H2,1-2H3;3-5,8,11,22,33H,6-7,9-10,12-13,28H2,1-2H3/t23-;17?,24-;2*22-/m1111/s1. The van der Waals surface area contributed by atoms with Crippen molar-refractivity contribution in [3.05, 3.63) is 270 Å². The summed E-state index contributed by atoms with van der Waals surface area (Å²) in [5.41, 5.74) is 52.8. The van der Waals surface area contributed by atoms with Gasteiger partial charge in [0, 0.05) is 135 Å². The topological polar surface area (TPSA) is 366 Å². The minimum Gasteiger partial charge on any atom is -0.390 e. The van der Waals surface area contributed by atoms with Crippen LogP contribution < -0.4 is 42.5 Å². The summed E-state index contributed by atoms with van der Waals surface area (Å²) >= 11 is 43.9. The Morgan fingerprint density at radius 2 is 0.709 bits per heavy atom. The number of rotatable bonds is 14. The van der Waals surface area contributed by atoms with E-state index in [2.05, 4.69) is 127 Å². The molecule has 4 fully saturated rings. The van der Waals surface area contributed by atoms with Gasteiger partial charge in [-0.3, -0.25) is 9.97 Å². The molecule has 0 amide bonds. The first kappa shape index (κ1) is 96.3. The molecule has 4 aliphatic heterocycles. The van der Waals surface area contributed by atoms with Gasteiger partial charge in [-0.1, -0.05) is 167 Å². The Labute approximate surface area is 817 Å². The number of aryl methyl sites for hydroxylation is 8. The van der Waals surface area contributed by atoms with Crippen molar-refractivity contribution in [2.75, 3.05) is 72.0 Å². The van der Waals surface area contributed by atoms with Crippen molar-refractivity contribution in [2.45, 2.75) is 202 Å². The maximum atomic E-state index is 10.6. The Hall–Kier alpha value is -9.36. The molecule has 20 rings (SSSR count). The molecule has 0 bridgehead atoms. The average molecular weight is 1950 g/mol. The predicted octanol–water partition coefficient (Wildman–Crippen LogP) is 19.0. The minimum atomic E-state index is -0.748. The Morgan fingerprint density at radius 1 is 0.366 bits per heavy atom. The van der Waals surface area contributed by atoms with E-state index in [-0.39, 0.29) is 81.1 Å². The number of hydrogen-bond donors (Lipinski definition) is 8. The summed E-state index contributed by atoms with van der Waals surface area (Å²) in [4.78, 5) is 68.5. The average Bonchev–Trinajstić information content (AvgIpc) is 1.55. The number of benzene rings is 3. The Bertz CT molecular complexity index is 6250. The summed E-state index contributed by atoms with van der Waals surface area (Å²) in [6.45, 7) is 23.6. The number of nitrogens with two attached hydrogens (primary N) is 4. The number of hydrogen-bond acceptors (Lipinski definition) is 25. The van der Waals surface area contributed by atoms with Crippen LogP contribution in [0.3, 0.4) is 0 Å². The first-order chi connectivity index (χ1) is 64.4. The van der Waals surface area contributed by atoms with Crippen LogP contribution >= 0.6 is 81.2 Å². The molecule has 5 atom stereocenters. The highest BCUT2D eigenvalue weighted by atomic mass is 35.5. The number of aliphatic hydroxyl groups excluding tert-OH is 4. The molecular formula is C102H114Cl7N21O4. The molecule has 4 aliphatic carbocycles. The summed E-state index contributed by atoms with van der Waals surface area (Å²) in [6, 6.07) is 31.6. The van der Waals surface area contributed by atoms with Crippen molar-refractivity contribution >= 4 is 104 Å². The zero-order valence-electron chi connectivity index (χ0n) is 77.0. The van der Waals surface area contributed by atoms with Crippen LogP contribution in [0.15, 0.2) is 122 Å². The molecule has 1 unspecified atom stereocenters. The van der Waals surface area contributed by atoms with Crippen LogP contribution in [0.4, 0.5) is 23.3 Å². The van der Waals surface area contributed by atoms with Gasteiger partial charge in [-0.15, -0.1) is 0 Å². The van der Waals surface area contributed by atoms with Gasteiger partial charge >= 0.3 is 0 Å². The smallest absolute Gasteiger partial charge is 0.153 e. The third-order valence-electron chi connectivity index (χ3n) is 29.7. The van der Waals surface area contributed by atoms with Gasteiger partial charge in [-0.2, -0.15) is 0 Å². The fourth-order valence-corrected chi connectivity index (χ4v) is 23.1. The second-order valence-electron chi connectivity index (χ2n) is 37.5. The van der Waals surface area contributed by atoms with Crippen molar-refractivity contribution in [1.82, 2.24) is 64.8 Å². The fraction of sp³-hybridized carbons (Fsp3) is 0.422. The van der Waals surface area contributed by atoms with Gasteiger partial charge in [0.1, 0.15) is 38.2 Å². The number of nitrogens with zero attached hydrogens (tertiary/aromatic N) is 17. The van der Waals surface area contributed by atoms with E-state index < -0.39 is 6.10 Å². The van der Waals surface area contributed by atoms with Crippen LogP contribution in [0.2, 0.25) is 35.5 Å². The van der Waals surface area contributed by atoms with Gasteiger partial charge in [0.15, 0.2) is 23.3 Å². The van der Waals surface area contributed by atoms with Crippen molar-refractivity contribution in [1.29, 1.82) is 0 Å². The zero-order chi connectivity index (χ0) is 94.7. The van der Waals surface area contributed by atoms with Crippen LogP contribution in [-0.4, -0.2) is 138 Å². The lowest BCUT2D eigenvalue weighted by molar-refractivity contribution is 0.182. The van der Waals surface area contributed by atoms with Crippen molar-refractivity contribution < 1.29 is 20.4 Å². The molecule has 700 valence electrons. The van der Waals surface area contributed by atoms with Gasteiger partial charge in [0.05, 0.1) is 97.3 Å². The third kappa shape index (κ3) is 18.3. The Balaban J connectivity index is 0.000000124. The molecule has 12 aromatic rings. The van der Waals surface area contributed by atoms with E-state index in [4.69, 9.17) is 149 Å². The molecule has 25 nitrogen and oxygen atoms in total. The highest BCUT2D eigenvalue weighted by Gasteiger charge is 2.51. The molecule has 3 aromatic carbocycles. The molecule has 134 heavy (non-hydrogen) atoms. The first-order valence-corrected chi connectivity index (χ1v) is 48.8. The van der Waals surface area contributed by atoms with E-state index in [1.54, 1.807) is 49.9 Å². The molecule has 32 heteroatoms. The van der Waals surface area contributed by atoms with E-state index in [9.17, 15) is 20.4 Å². The molecule has 0 radical (unpaired) electrons. The largest absolute Gasteiger partial charge is 0.390 e. The van der Waals surface area contributed by atoms with Crippen molar-refractivity contribution in [2.24, 2.45) is 44.6 Å². The number of pyridine rings is 5. The summed E-state index contributed by atoms with van der Waals surface area (Å²) in [5.74, 6) is 2.93. The summed E-state index contributed by atoms with van der Waals surface area (Å²) < 4.78 is 0. The number of fused-ring (bicyclic) bond motifs is 4. The minimum absolute atomic E-state index is 0.00487. The van der Waals surface area contributed by atoms with Gasteiger partial charge in [0.25, 0.3) is 0 Å². The fourth-order valence-electron chi connectivity index (χ4n) is 21.8. The van der Waals surface area contributed by atoms with E-state index in [1.807, 2.05) is 46.9 Å². The summed E-state index contributed by atoms with van der Waals surface area (Å²) in [5, 5.41) is 43.2. The number of halogens is 7. The van der Waals surface area contributed by atoms with Gasteiger partial charge in [0.2, 0.25) is 0 Å². The normalized spacial score (nSPS) is 19.3. The summed E-state index contributed by atoms with van der Waals surface area (Å²) in [6.07, 6.45) is 21.4. The molecule has 12 N–H and O–H groups in total. The first-order valence-electron chi connectivity index (χ1n) is 46.2. The number of anilines is 4. The summed E-state index contributed by atoms with van der Waals surface area (Å²) in [7, 11) is 0. The molecule has 8 aliphatic rings. The van der Waals surface area contributed by atoms with Crippen LogP contribution in [0.1, 0.15) is 215 Å². The van der Waals surface area contributed by atoms with E-state index >= 15 is 0 Å². The van der Waals surface area contributed by atoms with E-state index in [0.29, 0.717) is 88.2 Å². The van der Waals surface area contributed by atoms with Gasteiger partial charge < -0.3 is 63.0 Å². The highest BCUT2D eigenvalue weighted by molar-refractivity contribution is 6.44. The molecule has 4 spiro atoms. The van der Waals surface area contributed by atoms with Crippen LogP contribution in [0.25, 0.3) is 45.0 Å². The second kappa shape index (κ2) is 39.6. The van der Waals surface area contributed by atoms with Gasteiger partial charge in [-0.25, -0.2) is 54.8 Å². The van der Waals surface area contributed by atoms with Crippen LogP contribution in [0, 0.1) is 63.2 Å².